The molecule has 1 saturated heterocycles. The molecule has 7 heteroatoms. The average molecular weight is 366 g/mol. The summed E-state index contributed by atoms with van der Waals surface area (Å²) in [4.78, 5) is 38.7. The molecule has 4 rings (SSSR count). The number of rotatable bonds is 2. The molecule has 2 aliphatic heterocycles. The summed E-state index contributed by atoms with van der Waals surface area (Å²) in [6.07, 6.45) is 0.991. The van der Waals surface area contributed by atoms with Crippen LogP contribution in [0.25, 0.3) is 0 Å². The van der Waals surface area contributed by atoms with E-state index < -0.39 is 6.03 Å². The van der Waals surface area contributed by atoms with E-state index >= 15 is 0 Å². The highest BCUT2D eigenvalue weighted by Crippen LogP contribution is 2.35. The van der Waals surface area contributed by atoms with Crippen LogP contribution in [0.15, 0.2) is 47.3 Å². The number of carbonyl (C=O) groups excluding carboxylic acids is 2. The van der Waals surface area contributed by atoms with Crippen molar-refractivity contribution < 1.29 is 9.59 Å². The highest BCUT2D eigenvalue weighted by atomic mass is 16.2. The number of benzene rings is 1. The fourth-order valence-corrected chi connectivity index (χ4v) is 4.10. The van der Waals surface area contributed by atoms with Crippen LogP contribution >= 0.6 is 0 Å². The summed E-state index contributed by atoms with van der Waals surface area (Å²) in [5.41, 5.74) is 1.67. The van der Waals surface area contributed by atoms with Gasteiger partial charge in [0.15, 0.2) is 0 Å². The zero-order valence-electron chi connectivity index (χ0n) is 15.1. The number of fused-ring (bicyclic) bond motifs is 4. The Labute approximate surface area is 157 Å². The molecule has 1 aromatic carbocycles. The van der Waals surface area contributed by atoms with Crippen LogP contribution in [0, 0.1) is 5.92 Å². The third-order valence-electron chi connectivity index (χ3n) is 5.33. The average Bonchev–Trinajstić information content (AvgIpc) is 2.65. The smallest absolute Gasteiger partial charge is 0.323 e. The molecule has 0 unspecified atom stereocenters. The van der Waals surface area contributed by atoms with Gasteiger partial charge in [0.2, 0.25) is 5.91 Å². The number of aromatic nitrogens is 1. The second-order valence-corrected chi connectivity index (χ2v) is 7.26. The lowest BCUT2D eigenvalue weighted by atomic mass is 9.83. The van der Waals surface area contributed by atoms with Gasteiger partial charge in [0.1, 0.15) is 5.69 Å². The van der Waals surface area contributed by atoms with E-state index in [1.54, 1.807) is 29.7 Å². The van der Waals surface area contributed by atoms with Gasteiger partial charge in [0, 0.05) is 43.9 Å². The summed E-state index contributed by atoms with van der Waals surface area (Å²) < 4.78 is 1.76. The lowest BCUT2D eigenvalue weighted by Gasteiger charge is -2.42. The van der Waals surface area contributed by atoms with Gasteiger partial charge in [-0.05, 0) is 36.6 Å². The fraction of sp³-hybridized carbons (Fsp3) is 0.350. The first kappa shape index (κ1) is 17.3. The largest absolute Gasteiger partial charge is 0.342 e. The molecule has 2 atom stereocenters. The summed E-state index contributed by atoms with van der Waals surface area (Å²) in [5, 5.41) is 5.37. The number of nitrogens with zero attached hydrogens (tertiary/aromatic N) is 2. The first-order chi connectivity index (χ1) is 13.0. The molecule has 3 heterocycles. The highest BCUT2D eigenvalue weighted by molar-refractivity contribution is 5.99. The summed E-state index contributed by atoms with van der Waals surface area (Å²) in [6, 6.07) is 12.2. The van der Waals surface area contributed by atoms with Crippen LogP contribution in [0.1, 0.15) is 25.0 Å². The van der Waals surface area contributed by atoms with Crippen molar-refractivity contribution >= 4 is 23.3 Å². The standard InChI is InChI=1S/C20H22N4O3/c1-13(25)23-10-14-9-15(12-23)18-8-7-17(19(26)24(18)11-14)22-20(27)21-16-5-3-2-4-6-16/h2-8,14-15H,9-12H2,1H3,(H2,21,22,27)/t14-,15+/m0/s1. The summed E-state index contributed by atoms with van der Waals surface area (Å²) in [5.74, 6) is 0.518. The van der Waals surface area contributed by atoms with E-state index in [4.69, 9.17) is 0 Å². The van der Waals surface area contributed by atoms with Gasteiger partial charge >= 0.3 is 6.03 Å². The number of likely N-dealkylation sites (tertiary alicyclic amines) is 1. The van der Waals surface area contributed by atoms with E-state index in [9.17, 15) is 14.4 Å². The van der Waals surface area contributed by atoms with Crippen LogP contribution in [0.4, 0.5) is 16.2 Å². The van der Waals surface area contributed by atoms with Crippen molar-refractivity contribution in [2.45, 2.75) is 25.8 Å². The van der Waals surface area contributed by atoms with Crippen molar-refractivity contribution in [2.75, 3.05) is 23.7 Å². The van der Waals surface area contributed by atoms with E-state index in [-0.39, 0.29) is 29.0 Å². The number of carbonyl (C=O) groups is 2. The van der Waals surface area contributed by atoms with Gasteiger partial charge in [-0.15, -0.1) is 0 Å². The zero-order chi connectivity index (χ0) is 19.0. The maximum absolute atomic E-state index is 12.9. The molecule has 140 valence electrons. The Bertz CT molecular complexity index is 938. The van der Waals surface area contributed by atoms with Crippen LogP contribution in [0.3, 0.4) is 0 Å². The molecule has 3 amide bonds. The number of nitrogens with one attached hydrogen (secondary N) is 2. The fourth-order valence-electron chi connectivity index (χ4n) is 4.10. The third kappa shape index (κ3) is 3.45. The van der Waals surface area contributed by atoms with E-state index in [0.29, 0.717) is 25.3 Å². The number of amides is 3. The van der Waals surface area contributed by atoms with Crippen LogP contribution in [0.2, 0.25) is 0 Å². The van der Waals surface area contributed by atoms with E-state index in [2.05, 4.69) is 10.6 Å². The van der Waals surface area contributed by atoms with Crippen molar-refractivity contribution in [3.05, 3.63) is 58.5 Å². The van der Waals surface area contributed by atoms with Gasteiger partial charge in [-0.3, -0.25) is 9.59 Å². The summed E-state index contributed by atoms with van der Waals surface area (Å²) >= 11 is 0. The molecule has 1 aromatic heterocycles. The minimum Gasteiger partial charge on any atom is -0.342 e. The number of para-hydroxylation sites is 1. The van der Waals surface area contributed by atoms with Crippen LogP contribution in [-0.4, -0.2) is 34.5 Å². The molecular formula is C20H22N4O3. The SMILES string of the molecule is CC(=O)N1C[C@@H]2C[C@H](C1)c1ccc(NC(=O)Nc3ccccc3)c(=O)n1C2. The number of piperidine rings is 1. The van der Waals surface area contributed by atoms with Crippen molar-refractivity contribution in [1.29, 1.82) is 0 Å². The van der Waals surface area contributed by atoms with Crippen LogP contribution < -0.4 is 16.2 Å². The Morgan fingerprint density at radius 1 is 1.00 bits per heavy atom. The number of hydrogen-bond acceptors (Lipinski definition) is 3. The van der Waals surface area contributed by atoms with Gasteiger partial charge < -0.3 is 20.1 Å². The highest BCUT2D eigenvalue weighted by Gasteiger charge is 2.35. The molecule has 0 saturated carbocycles. The predicted molar refractivity (Wildman–Crippen MR) is 103 cm³/mol. The normalized spacial score (nSPS) is 20.6. The number of hydrogen-bond donors (Lipinski definition) is 2. The molecule has 2 aromatic rings. The van der Waals surface area contributed by atoms with E-state index in [1.165, 1.54) is 0 Å². The predicted octanol–water partition coefficient (Wildman–Crippen LogP) is 2.46. The Morgan fingerprint density at radius 2 is 1.78 bits per heavy atom. The molecule has 1 fully saturated rings. The van der Waals surface area contributed by atoms with Crippen molar-refractivity contribution in [1.82, 2.24) is 9.47 Å². The molecule has 2 aliphatic rings. The summed E-state index contributed by atoms with van der Waals surface area (Å²) in [7, 11) is 0. The van der Waals surface area contributed by atoms with Gasteiger partial charge in [0.25, 0.3) is 5.56 Å². The number of urea groups is 1. The maximum atomic E-state index is 12.9. The van der Waals surface area contributed by atoms with Crippen molar-refractivity contribution in [3.63, 3.8) is 0 Å². The van der Waals surface area contributed by atoms with Gasteiger partial charge in [-0.2, -0.15) is 0 Å². The Balaban J connectivity index is 1.54. The van der Waals surface area contributed by atoms with Gasteiger partial charge in [-0.25, -0.2) is 4.79 Å². The topological polar surface area (TPSA) is 83.4 Å². The van der Waals surface area contributed by atoms with E-state index in [1.807, 2.05) is 29.2 Å². The molecule has 2 N–H and O–H groups in total. The molecule has 0 aliphatic carbocycles. The monoisotopic (exact) mass is 366 g/mol. The minimum atomic E-state index is -0.447. The number of anilines is 2. The van der Waals surface area contributed by atoms with Crippen LogP contribution in [0.5, 0.6) is 0 Å². The lowest BCUT2D eigenvalue weighted by molar-refractivity contribution is -0.131. The molecule has 0 radical (unpaired) electrons. The quantitative estimate of drug-likeness (QED) is 0.856. The Kier molecular flexibility index (Phi) is 4.43. The van der Waals surface area contributed by atoms with E-state index in [0.717, 1.165) is 12.1 Å². The molecule has 7 nitrogen and oxygen atoms in total. The van der Waals surface area contributed by atoms with Gasteiger partial charge in [-0.1, -0.05) is 18.2 Å². The minimum absolute atomic E-state index is 0.0800. The first-order valence-corrected chi connectivity index (χ1v) is 9.13. The van der Waals surface area contributed by atoms with Crippen molar-refractivity contribution in [2.24, 2.45) is 5.92 Å². The molecular weight excluding hydrogens is 344 g/mol. The van der Waals surface area contributed by atoms with Crippen molar-refractivity contribution in [3.8, 4) is 0 Å². The number of pyridine rings is 1. The molecule has 2 bridgehead atoms. The Hall–Kier alpha value is -3.09. The Morgan fingerprint density at radius 3 is 2.52 bits per heavy atom. The zero-order valence-corrected chi connectivity index (χ0v) is 15.1. The molecule has 27 heavy (non-hydrogen) atoms. The second kappa shape index (κ2) is 6.90. The second-order valence-electron chi connectivity index (χ2n) is 7.26. The lowest BCUT2D eigenvalue weighted by Crippen LogP contribution is -2.48. The summed E-state index contributed by atoms with van der Waals surface area (Å²) in [6.45, 7) is 3.49. The van der Waals surface area contributed by atoms with Gasteiger partial charge in [0.05, 0.1) is 0 Å². The molecule has 0 spiro atoms. The third-order valence-corrected chi connectivity index (χ3v) is 5.33. The van der Waals surface area contributed by atoms with Crippen LogP contribution in [-0.2, 0) is 11.3 Å². The first-order valence-electron chi connectivity index (χ1n) is 9.13. The maximum Gasteiger partial charge on any atom is 0.323 e.